The summed E-state index contributed by atoms with van der Waals surface area (Å²) in [6.45, 7) is 3.19. The van der Waals surface area contributed by atoms with Gasteiger partial charge in [-0.2, -0.15) is 0 Å². The van der Waals surface area contributed by atoms with Crippen LogP contribution in [0.1, 0.15) is 18.9 Å². The lowest BCUT2D eigenvalue weighted by Crippen LogP contribution is -2.19. The summed E-state index contributed by atoms with van der Waals surface area (Å²) in [6, 6.07) is 12.1. The van der Waals surface area contributed by atoms with E-state index in [1.54, 1.807) is 0 Å². The Hall–Kier alpha value is -2.03. The summed E-state index contributed by atoms with van der Waals surface area (Å²) in [5, 5.41) is 9.84. The number of nitrogens with zero attached hydrogens (tertiary/aromatic N) is 1. The first-order valence-corrected chi connectivity index (χ1v) is 6.22. The van der Waals surface area contributed by atoms with E-state index in [0.717, 1.165) is 29.3 Å². The number of hydrogen-bond donors (Lipinski definition) is 2. The van der Waals surface area contributed by atoms with Gasteiger partial charge in [0.15, 0.2) is 0 Å². The number of nitrogens with one attached hydrogen (secondary N) is 1. The van der Waals surface area contributed by atoms with Crippen LogP contribution in [0.15, 0.2) is 36.4 Å². The molecule has 0 aliphatic rings. The number of rotatable bonds is 4. The van der Waals surface area contributed by atoms with Crippen molar-refractivity contribution in [3.8, 4) is 0 Å². The summed E-state index contributed by atoms with van der Waals surface area (Å²) >= 11 is 0. The summed E-state index contributed by atoms with van der Waals surface area (Å²) in [5.41, 5.74) is 7.63. The molecule has 18 heavy (non-hydrogen) atoms. The zero-order valence-corrected chi connectivity index (χ0v) is 10.9. The van der Waals surface area contributed by atoms with E-state index in [-0.39, 0.29) is 5.84 Å². The highest BCUT2D eigenvalue weighted by Gasteiger charge is 2.09. The van der Waals surface area contributed by atoms with Crippen LogP contribution in [0.4, 0.5) is 5.69 Å². The first-order valence-electron chi connectivity index (χ1n) is 6.22. The number of benzene rings is 2. The summed E-state index contributed by atoms with van der Waals surface area (Å²) in [4.78, 5) is 2.24. The molecule has 0 heterocycles. The second-order valence-electron chi connectivity index (χ2n) is 4.51. The molecule has 0 saturated heterocycles. The quantitative estimate of drug-likeness (QED) is 0.638. The van der Waals surface area contributed by atoms with E-state index in [4.69, 9.17) is 11.1 Å². The topological polar surface area (TPSA) is 53.1 Å². The molecule has 0 aromatic heterocycles. The molecular weight excluding hydrogens is 222 g/mol. The van der Waals surface area contributed by atoms with Crippen LogP contribution in [-0.4, -0.2) is 19.4 Å². The largest absolute Gasteiger partial charge is 0.384 e. The second-order valence-corrected chi connectivity index (χ2v) is 4.51. The normalized spacial score (nSPS) is 10.6. The number of anilines is 1. The van der Waals surface area contributed by atoms with Crippen molar-refractivity contribution in [3.63, 3.8) is 0 Å². The van der Waals surface area contributed by atoms with E-state index in [2.05, 4.69) is 31.0 Å². The van der Waals surface area contributed by atoms with E-state index in [1.807, 2.05) is 24.3 Å². The Labute approximate surface area is 108 Å². The molecule has 2 aromatic carbocycles. The standard InChI is InChI=1S/C15H19N3/c1-3-10-18(2)14-9-8-13(15(16)17)11-6-4-5-7-12(11)14/h4-9H,3,10H2,1-2H3,(H3,16,17). The predicted molar refractivity (Wildman–Crippen MR) is 78.5 cm³/mol. The summed E-state index contributed by atoms with van der Waals surface area (Å²) in [5.74, 6) is 0.121. The van der Waals surface area contributed by atoms with Crippen molar-refractivity contribution >= 4 is 22.3 Å². The van der Waals surface area contributed by atoms with Crippen LogP contribution in [0.5, 0.6) is 0 Å². The molecule has 0 radical (unpaired) electrons. The zero-order valence-electron chi connectivity index (χ0n) is 10.9. The van der Waals surface area contributed by atoms with E-state index in [9.17, 15) is 0 Å². The fourth-order valence-electron chi connectivity index (χ4n) is 2.31. The van der Waals surface area contributed by atoms with Crippen molar-refractivity contribution in [2.24, 2.45) is 5.73 Å². The van der Waals surface area contributed by atoms with Crippen LogP contribution >= 0.6 is 0 Å². The number of amidine groups is 1. The first kappa shape index (κ1) is 12.4. The Morgan fingerprint density at radius 1 is 1.17 bits per heavy atom. The molecule has 0 saturated carbocycles. The van der Waals surface area contributed by atoms with Gasteiger partial charge in [0.05, 0.1) is 0 Å². The van der Waals surface area contributed by atoms with Crippen molar-refractivity contribution in [1.82, 2.24) is 0 Å². The highest BCUT2D eigenvalue weighted by Crippen LogP contribution is 2.28. The minimum absolute atomic E-state index is 0.121. The smallest absolute Gasteiger partial charge is 0.123 e. The molecule has 0 unspecified atom stereocenters. The maximum Gasteiger partial charge on any atom is 0.123 e. The molecule has 3 nitrogen and oxygen atoms in total. The van der Waals surface area contributed by atoms with E-state index in [0.29, 0.717) is 0 Å². The highest BCUT2D eigenvalue weighted by atomic mass is 15.1. The molecular formula is C15H19N3. The first-order chi connectivity index (χ1) is 8.65. The minimum atomic E-state index is 0.121. The van der Waals surface area contributed by atoms with Crippen molar-refractivity contribution in [3.05, 3.63) is 42.0 Å². The van der Waals surface area contributed by atoms with Gasteiger partial charge in [-0.25, -0.2) is 0 Å². The van der Waals surface area contributed by atoms with Gasteiger partial charge in [-0.05, 0) is 23.9 Å². The molecule has 94 valence electrons. The molecule has 3 N–H and O–H groups in total. The van der Waals surface area contributed by atoms with Crippen LogP contribution in [0.2, 0.25) is 0 Å². The van der Waals surface area contributed by atoms with Gasteiger partial charge in [-0.3, -0.25) is 5.41 Å². The number of nitrogens with two attached hydrogens (primary N) is 1. The van der Waals surface area contributed by atoms with Gasteiger partial charge in [0.1, 0.15) is 5.84 Å². The van der Waals surface area contributed by atoms with Crippen molar-refractivity contribution in [2.75, 3.05) is 18.5 Å². The summed E-state index contributed by atoms with van der Waals surface area (Å²) in [6.07, 6.45) is 1.11. The van der Waals surface area contributed by atoms with Gasteiger partial charge >= 0.3 is 0 Å². The molecule has 0 aliphatic carbocycles. The van der Waals surface area contributed by atoms with Gasteiger partial charge in [-0.15, -0.1) is 0 Å². The molecule has 0 spiro atoms. The Morgan fingerprint density at radius 2 is 1.83 bits per heavy atom. The minimum Gasteiger partial charge on any atom is -0.384 e. The third-order valence-electron chi connectivity index (χ3n) is 3.16. The van der Waals surface area contributed by atoms with Gasteiger partial charge in [0.2, 0.25) is 0 Å². The van der Waals surface area contributed by atoms with Gasteiger partial charge in [0, 0.05) is 30.2 Å². The van der Waals surface area contributed by atoms with Crippen molar-refractivity contribution in [2.45, 2.75) is 13.3 Å². The Morgan fingerprint density at radius 3 is 2.44 bits per heavy atom. The Kier molecular flexibility index (Phi) is 3.51. The van der Waals surface area contributed by atoms with E-state index >= 15 is 0 Å². The third kappa shape index (κ3) is 2.16. The van der Waals surface area contributed by atoms with Crippen LogP contribution < -0.4 is 10.6 Å². The third-order valence-corrected chi connectivity index (χ3v) is 3.16. The molecule has 3 heteroatoms. The Bertz CT molecular complexity index is 575. The summed E-state index contributed by atoms with van der Waals surface area (Å²) < 4.78 is 0. The average Bonchev–Trinajstić information content (AvgIpc) is 2.37. The van der Waals surface area contributed by atoms with E-state index < -0.39 is 0 Å². The van der Waals surface area contributed by atoms with Crippen LogP contribution in [-0.2, 0) is 0 Å². The number of nitrogen functional groups attached to an aromatic ring is 1. The predicted octanol–water partition coefficient (Wildman–Crippen LogP) is 2.97. The van der Waals surface area contributed by atoms with Crippen molar-refractivity contribution < 1.29 is 0 Å². The molecule has 2 aromatic rings. The number of hydrogen-bond acceptors (Lipinski definition) is 2. The lowest BCUT2D eigenvalue weighted by Gasteiger charge is -2.21. The van der Waals surface area contributed by atoms with Crippen LogP contribution in [0.25, 0.3) is 10.8 Å². The Balaban J connectivity index is 2.64. The molecule has 0 amide bonds. The fourth-order valence-corrected chi connectivity index (χ4v) is 2.31. The fraction of sp³-hybridized carbons (Fsp3) is 0.267. The van der Waals surface area contributed by atoms with Gasteiger partial charge in [0.25, 0.3) is 0 Å². The second kappa shape index (κ2) is 5.08. The average molecular weight is 241 g/mol. The maximum atomic E-state index is 7.64. The van der Waals surface area contributed by atoms with Crippen molar-refractivity contribution in [1.29, 1.82) is 5.41 Å². The summed E-state index contributed by atoms with van der Waals surface area (Å²) in [7, 11) is 2.10. The van der Waals surface area contributed by atoms with Crippen LogP contribution in [0, 0.1) is 5.41 Å². The maximum absolute atomic E-state index is 7.64. The van der Waals surface area contributed by atoms with Gasteiger partial charge < -0.3 is 10.6 Å². The SMILES string of the molecule is CCCN(C)c1ccc(C(=N)N)c2ccccc12. The zero-order chi connectivity index (χ0) is 13.1. The monoisotopic (exact) mass is 241 g/mol. The molecule has 0 aliphatic heterocycles. The number of fused-ring (bicyclic) bond motifs is 1. The lowest BCUT2D eigenvalue weighted by molar-refractivity contribution is 0.855. The molecule has 0 bridgehead atoms. The lowest BCUT2D eigenvalue weighted by atomic mass is 10.0. The van der Waals surface area contributed by atoms with Gasteiger partial charge in [-0.1, -0.05) is 31.2 Å². The van der Waals surface area contributed by atoms with E-state index in [1.165, 1.54) is 5.69 Å². The molecule has 0 fully saturated rings. The highest BCUT2D eigenvalue weighted by molar-refractivity contribution is 6.10. The molecule has 2 rings (SSSR count). The van der Waals surface area contributed by atoms with Crippen LogP contribution in [0.3, 0.4) is 0 Å². The molecule has 0 atom stereocenters.